The van der Waals surface area contributed by atoms with Gasteiger partial charge in [0.1, 0.15) is 17.8 Å². The molecule has 6 nitrogen and oxygen atoms in total. The highest BCUT2D eigenvalue weighted by molar-refractivity contribution is 5.99. The number of benzene rings is 1. The van der Waals surface area contributed by atoms with E-state index < -0.39 is 17.4 Å². The van der Waals surface area contributed by atoms with Gasteiger partial charge in [-0.2, -0.15) is 0 Å². The number of aromatic amines is 1. The topological polar surface area (TPSA) is 83.6 Å². The summed E-state index contributed by atoms with van der Waals surface area (Å²) in [5.41, 5.74) is 2.64. The first-order valence-corrected chi connectivity index (χ1v) is 11.0. The van der Waals surface area contributed by atoms with E-state index in [9.17, 15) is 13.6 Å². The summed E-state index contributed by atoms with van der Waals surface area (Å²) in [6.45, 7) is 2.15. The van der Waals surface area contributed by atoms with Crippen LogP contribution in [0.15, 0.2) is 54.7 Å². The van der Waals surface area contributed by atoms with E-state index in [0.29, 0.717) is 30.2 Å². The summed E-state index contributed by atoms with van der Waals surface area (Å²) in [5.74, 6) is 0.170. The van der Waals surface area contributed by atoms with Crippen molar-refractivity contribution in [3.8, 4) is 11.3 Å². The molecule has 1 aliphatic rings. The van der Waals surface area contributed by atoms with Gasteiger partial charge in [-0.3, -0.25) is 9.78 Å². The molecule has 8 heteroatoms. The lowest BCUT2D eigenvalue weighted by Crippen LogP contribution is -2.49. The van der Waals surface area contributed by atoms with Crippen LogP contribution in [0.2, 0.25) is 0 Å². The second kappa shape index (κ2) is 8.35. The number of alkyl halides is 1. The first-order chi connectivity index (χ1) is 16.0. The van der Waals surface area contributed by atoms with Crippen LogP contribution in [-0.2, 0) is 5.41 Å². The van der Waals surface area contributed by atoms with Gasteiger partial charge in [0, 0.05) is 41.0 Å². The van der Waals surface area contributed by atoms with Crippen molar-refractivity contribution >= 4 is 22.5 Å². The average molecular weight is 447 g/mol. The van der Waals surface area contributed by atoms with Gasteiger partial charge in [-0.15, -0.1) is 10.2 Å². The number of hydrogen-bond donors (Lipinski definition) is 2. The molecule has 0 spiro atoms. The largest absolute Gasteiger partial charge is 0.368 e. The summed E-state index contributed by atoms with van der Waals surface area (Å²) in [6.07, 6.45) is 1.46. The minimum absolute atomic E-state index is 0.0665. The number of carbonyl (C=O) groups excluding carboxylic acids is 1. The molecule has 1 aliphatic carbocycles. The Morgan fingerprint density at radius 2 is 2.03 bits per heavy atom. The molecule has 0 amide bonds. The fourth-order valence-electron chi connectivity index (χ4n) is 4.46. The molecule has 1 saturated carbocycles. The lowest BCUT2D eigenvalue weighted by Gasteiger charge is -2.44. The quantitative estimate of drug-likeness (QED) is 0.379. The Balaban J connectivity index is 1.32. The molecule has 0 unspecified atom stereocenters. The SMILES string of the molecule is CCC(=O)c1cc2cc(-c3ccc(NCC4(c5ncccc5F)CC(F)C4)nn3)ccc2[nH]1. The van der Waals surface area contributed by atoms with Crippen LogP contribution < -0.4 is 5.32 Å². The first-order valence-electron chi connectivity index (χ1n) is 11.0. The molecule has 0 saturated heterocycles. The van der Waals surface area contributed by atoms with Crippen LogP contribution >= 0.6 is 0 Å². The van der Waals surface area contributed by atoms with Crippen molar-refractivity contribution in [3.63, 3.8) is 0 Å². The fourth-order valence-corrected chi connectivity index (χ4v) is 4.46. The predicted molar refractivity (Wildman–Crippen MR) is 122 cm³/mol. The first kappa shape index (κ1) is 21.2. The molecule has 4 aromatic rings. The van der Waals surface area contributed by atoms with Gasteiger partial charge in [-0.1, -0.05) is 13.0 Å². The highest BCUT2D eigenvalue weighted by Crippen LogP contribution is 2.45. The van der Waals surface area contributed by atoms with E-state index in [4.69, 9.17) is 0 Å². The van der Waals surface area contributed by atoms with Gasteiger partial charge < -0.3 is 10.3 Å². The Hall–Kier alpha value is -3.68. The zero-order valence-electron chi connectivity index (χ0n) is 18.1. The van der Waals surface area contributed by atoms with Crippen molar-refractivity contribution in [1.82, 2.24) is 20.2 Å². The van der Waals surface area contributed by atoms with Crippen LogP contribution in [0.3, 0.4) is 0 Å². The van der Waals surface area contributed by atoms with Crippen LogP contribution in [0.1, 0.15) is 42.4 Å². The normalized spacial score (nSPS) is 19.9. The second-order valence-corrected chi connectivity index (χ2v) is 8.54. The number of nitrogens with one attached hydrogen (secondary N) is 2. The number of aromatic nitrogens is 4. The van der Waals surface area contributed by atoms with Crippen molar-refractivity contribution in [2.45, 2.75) is 37.8 Å². The lowest BCUT2D eigenvalue weighted by molar-refractivity contribution is 0.0963. The molecule has 0 radical (unpaired) electrons. The lowest BCUT2D eigenvalue weighted by atomic mass is 9.65. The maximum absolute atomic E-state index is 14.3. The maximum atomic E-state index is 14.3. The third-order valence-electron chi connectivity index (χ3n) is 6.30. The van der Waals surface area contributed by atoms with Crippen LogP contribution in [0.4, 0.5) is 14.6 Å². The summed E-state index contributed by atoms with van der Waals surface area (Å²) in [5, 5.41) is 12.7. The summed E-state index contributed by atoms with van der Waals surface area (Å²) >= 11 is 0. The molecular weight excluding hydrogens is 424 g/mol. The van der Waals surface area contributed by atoms with Gasteiger partial charge in [0.25, 0.3) is 0 Å². The third-order valence-corrected chi connectivity index (χ3v) is 6.30. The van der Waals surface area contributed by atoms with Gasteiger partial charge >= 0.3 is 0 Å². The third kappa shape index (κ3) is 3.97. The molecular formula is C25H23F2N5O. The van der Waals surface area contributed by atoms with Crippen LogP contribution in [-0.4, -0.2) is 38.7 Å². The molecule has 0 bridgehead atoms. The molecule has 1 aromatic carbocycles. The van der Waals surface area contributed by atoms with E-state index in [2.05, 4.69) is 25.5 Å². The smallest absolute Gasteiger partial charge is 0.178 e. The minimum atomic E-state index is -0.960. The van der Waals surface area contributed by atoms with E-state index >= 15 is 0 Å². The number of pyridine rings is 1. The Labute approximate surface area is 189 Å². The van der Waals surface area contributed by atoms with E-state index in [1.165, 1.54) is 18.3 Å². The highest BCUT2D eigenvalue weighted by atomic mass is 19.1. The van der Waals surface area contributed by atoms with Crippen molar-refractivity contribution in [1.29, 1.82) is 0 Å². The zero-order valence-corrected chi connectivity index (χ0v) is 18.1. The van der Waals surface area contributed by atoms with Crippen molar-refractivity contribution < 1.29 is 13.6 Å². The zero-order chi connectivity index (χ0) is 23.0. The van der Waals surface area contributed by atoms with E-state index in [1.807, 2.05) is 37.3 Å². The number of anilines is 1. The number of halogens is 2. The van der Waals surface area contributed by atoms with Gasteiger partial charge in [0.2, 0.25) is 0 Å². The molecule has 3 aromatic heterocycles. The van der Waals surface area contributed by atoms with Crippen molar-refractivity contribution in [2.24, 2.45) is 0 Å². The van der Waals surface area contributed by atoms with E-state index in [0.717, 1.165) is 16.5 Å². The molecule has 1 fully saturated rings. The number of fused-ring (bicyclic) bond motifs is 1. The number of H-pyrrole nitrogens is 1. The Bertz CT molecular complexity index is 1310. The minimum Gasteiger partial charge on any atom is -0.368 e. The van der Waals surface area contributed by atoms with Crippen molar-refractivity contribution in [2.75, 3.05) is 11.9 Å². The molecule has 33 heavy (non-hydrogen) atoms. The standard InChI is InChI=1S/C25H23F2N5O/c1-2-22(33)21-11-16-10-15(5-6-19(16)30-21)20-7-8-23(32-31-20)29-14-25(12-17(26)13-25)24-18(27)4-3-9-28-24/h3-11,17,30H,2,12-14H2,1H3,(H,29,32). The van der Waals surface area contributed by atoms with Gasteiger partial charge in [-0.05, 0) is 55.3 Å². The van der Waals surface area contributed by atoms with Gasteiger partial charge in [-0.25, -0.2) is 8.78 Å². The van der Waals surface area contributed by atoms with Crippen LogP contribution in [0.25, 0.3) is 22.2 Å². The molecule has 5 rings (SSSR count). The number of nitrogens with zero attached hydrogens (tertiary/aromatic N) is 3. The Kier molecular flexibility index (Phi) is 5.36. The van der Waals surface area contributed by atoms with Crippen LogP contribution in [0.5, 0.6) is 0 Å². The molecule has 3 heterocycles. The predicted octanol–water partition coefficient (Wildman–Crippen LogP) is 5.23. The molecule has 168 valence electrons. The van der Waals surface area contributed by atoms with Crippen molar-refractivity contribution in [3.05, 3.63) is 71.9 Å². The van der Waals surface area contributed by atoms with E-state index in [1.54, 1.807) is 6.07 Å². The number of Topliss-reactive ketones (excluding diaryl/α,β-unsaturated/α-hetero) is 1. The van der Waals surface area contributed by atoms with Gasteiger partial charge in [0.05, 0.1) is 17.1 Å². The molecule has 0 atom stereocenters. The maximum Gasteiger partial charge on any atom is 0.178 e. The highest BCUT2D eigenvalue weighted by Gasteiger charge is 2.48. The molecule has 2 N–H and O–H groups in total. The number of ketones is 1. The molecule has 0 aliphatic heterocycles. The summed E-state index contributed by atoms with van der Waals surface area (Å²) in [6, 6.07) is 14.2. The second-order valence-electron chi connectivity index (χ2n) is 8.54. The van der Waals surface area contributed by atoms with Gasteiger partial charge in [0.15, 0.2) is 5.78 Å². The Morgan fingerprint density at radius 1 is 1.18 bits per heavy atom. The average Bonchev–Trinajstić information content (AvgIpc) is 3.25. The monoisotopic (exact) mass is 447 g/mol. The fraction of sp³-hybridized carbons (Fsp3) is 0.280. The number of carbonyl (C=O) groups is 1. The summed E-state index contributed by atoms with van der Waals surface area (Å²) < 4.78 is 28.1. The summed E-state index contributed by atoms with van der Waals surface area (Å²) in [4.78, 5) is 19.3. The number of hydrogen-bond acceptors (Lipinski definition) is 5. The summed E-state index contributed by atoms with van der Waals surface area (Å²) in [7, 11) is 0. The number of rotatable bonds is 7. The Morgan fingerprint density at radius 3 is 2.73 bits per heavy atom. The van der Waals surface area contributed by atoms with E-state index in [-0.39, 0.29) is 24.3 Å². The van der Waals surface area contributed by atoms with Crippen LogP contribution in [0, 0.1) is 5.82 Å².